The van der Waals surface area contributed by atoms with Gasteiger partial charge in [0.15, 0.2) is 0 Å². The molecule has 0 bridgehead atoms. The van der Waals surface area contributed by atoms with Gasteiger partial charge in [0.05, 0.1) is 6.61 Å². The highest BCUT2D eigenvalue weighted by atomic mass is 79.9. The van der Waals surface area contributed by atoms with Crippen LogP contribution in [-0.4, -0.2) is 18.6 Å². The minimum Gasteiger partial charge on any atom is -0.493 e. The molecule has 3 rings (SSSR count). The summed E-state index contributed by atoms with van der Waals surface area (Å²) in [7, 11) is 1.99. The van der Waals surface area contributed by atoms with E-state index in [1.54, 1.807) is 0 Å². The SMILES string of the molecule is CNC(Cc1cc(Br)cc2c1OCC2)c1ccncc1. The summed E-state index contributed by atoms with van der Waals surface area (Å²) in [6.45, 7) is 0.790. The van der Waals surface area contributed by atoms with Gasteiger partial charge in [-0.25, -0.2) is 0 Å². The van der Waals surface area contributed by atoms with Crippen molar-refractivity contribution in [1.82, 2.24) is 10.3 Å². The molecule has 1 aliphatic heterocycles. The number of likely N-dealkylation sites (N-methyl/N-ethyl adjacent to an activating group) is 1. The fraction of sp³-hybridized carbons (Fsp3) is 0.312. The topological polar surface area (TPSA) is 34.1 Å². The Hall–Kier alpha value is -1.39. The third kappa shape index (κ3) is 2.72. The lowest BCUT2D eigenvalue weighted by Gasteiger charge is -2.18. The number of aromatic nitrogens is 1. The maximum Gasteiger partial charge on any atom is 0.125 e. The van der Waals surface area contributed by atoms with Crippen LogP contribution in [0.2, 0.25) is 0 Å². The Morgan fingerprint density at radius 2 is 2.15 bits per heavy atom. The molecule has 0 fully saturated rings. The summed E-state index contributed by atoms with van der Waals surface area (Å²) in [4.78, 5) is 4.08. The van der Waals surface area contributed by atoms with Crippen molar-refractivity contribution in [3.8, 4) is 5.75 Å². The summed E-state index contributed by atoms with van der Waals surface area (Å²) < 4.78 is 6.93. The lowest BCUT2D eigenvalue weighted by atomic mass is 9.97. The van der Waals surface area contributed by atoms with E-state index in [-0.39, 0.29) is 6.04 Å². The van der Waals surface area contributed by atoms with Gasteiger partial charge in [0.2, 0.25) is 0 Å². The Labute approximate surface area is 127 Å². The highest BCUT2D eigenvalue weighted by Crippen LogP contribution is 2.35. The van der Waals surface area contributed by atoms with Crippen LogP contribution in [0, 0.1) is 0 Å². The van der Waals surface area contributed by atoms with Crippen LogP contribution in [0.1, 0.15) is 22.7 Å². The van der Waals surface area contributed by atoms with Gasteiger partial charge in [-0.1, -0.05) is 15.9 Å². The van der Waals surface area contributed by atoms with Gasteiger partial charge in [0, 0.05) is 29.3 Å². The number of halogens is 1. The number of ether oxygens (including phenoxy) is 1. The molecule has 3 nitrogen and oxygen atoms in total. The molecule has 20 heavy (non-hydrogen) atoms. The van der Waals surface area contributed by atoms with Gasteiger partial charge >= 0.3 is 0 Å². The van der Waals surface area contributed by atoms with Crippen molar-refractivity contribution in [2.45, 2.75) is 18.9 Å². The van der Waals surface area contributed by atoms with Crippen LogP contribution in [0.3, 0.4) is 0 Å². The fourth-order valence-corrected chi connectivity index (χ4v) is 3.25. The zero-order chi connectivity index (χ0) is 13.9. The maximum atomic E-state index is 5.80. The van der Waals surface area contributed by atoms with Crippen molar-refractivity contribution >= 4 is 15.9 Å². The number of fused-ring (bicyclic) bond motifs is 1. The predicted molar refractivity (Wildman–Crippen MR) is 83.1 cm³/mol. The van der Waals surface area contributed by atoms with E-state index >= 15 is 0 Å². The van der Waals surface area contributed by atoms with Gasteiger partial charge in [-0.3, -0.25) is 4.98 Å². The van der Waals surface area contributed by atoms with Crippen molar-refractivity contribution in [1.29, 1.82) is 0 Å². The van der Waals surface area contributed by atoms with Crippen LogP contribution in [0.5, 0.6) is 5.75 Å². The molecule has 1 atom stereocenters. The average Bonchev–Trinajstić information content (AvgIpc) is 2.93. The second-order valence-electron chi connectivity index (χ2n) is 4.98. The first kappa shape index (κ1) is 13.6. The van der Waals surface area contributed by atoms with Gasteiger partial charge < -0.3 is 10.1 Å². The van der Waals surface area contributed by atoms with Gasteiger partial charge in [-0.15, -0.1) is 0 Å². The molecule has 2 aromatic rings. The third-order valence-electron chi connectivity index (χ3n) is 3.71. The molecule has 1 aromatic carbocycles. The van der Waals surface area contributed by atoms with Gasteiger partial charge in [0.25, 0.3) is 0 Å². The van der Waals surface area contributed by atoms with E-state index in [0.29, 0.717) is 0 Å². The first-order valence-electron chi connectivity index (χ1n) is 6.79. The second kappa shape index (κ2) is 5.94. The molecule has 0 saturated heterocycles. The predicted octanol–water partition coefficient (Wildman–Crippen LogP) is 3.28. The molecule has 0 spiro atoms. The first-order chi connectivity index (χ1) is 9.78. The Kier molecular flexibility index (Phi) is 4.03. The molecule has 0 saturated carbocycles. The third-order valence-corrected chi connectivity index (χ3v) is 4.16. The van der Waals surface area contributed by atoms with E-state index in [9.17, 15) is 0 Å². The lowest BCUT2D eigenvalue weighted by molar-refractivity contribution is 0.352. The quantitative estimate of drug-likeness (QED) is 0.932. The molecule has 1 aliphatic rings. The molecule has 1 aromatic heterocycles. The molecular weight excluding hydrogens is 316 g/mol. The number of nitrogens with one attached hydrogen (secondary N) is 1. The highest BCUT2D eigenvalue weighted by Gasteiger charge is 2.20. The van der Waals surface area contributed by atoms with E-state index in [1.807, 2.05) is 19.4 Å². The monoisotopic (exact) mass is 332 g/mol. The molecule has 0 radical (unpaired) electrons. The van der Waals surface area contributed by atoms with E-state index in [1.165, 1.54) is 16.7 Å². The van der Waals surface area contributed by atoms with Crippen LogP contribution < -0.4 is 10.1 Å². The van der Waals surface area contributed by atoms with Crippen LogP contribution >= 0.6 is 15.9 Å². The Morgan fingerprint density at radius 1 is 1.35 bits per heavy atom. The van der Waals surface area contributed by atoms with Gasteiger partial charge in [0.1, 0.15) is 5.75 Å². The second-order valence-corrected chi connectivity index (χ2v) is 5.89. The van der Waals surface area contributed by atoms with Crippen LogP contribution in [0.4, 0.5) is 0 Å². The summed E-state index contributed by atoms with van der Waals surface area (Å²) in [5.74, 6) is 1.07. The van der Waals surface area contributed by atoms with Crippen molar-refractivity contribution < 1.29 is 4.74 Å². The molecule has 0 amide bonds. The minimum absolute atomic E-state index is 0.264. The van der Waals surface area contributed by atoms with Crippen LogP contribution in [0.25, 0.3) is 0 Å². The maximum absolute atomic E-state index is 5.80. The number of rotatable bonds is 4. The Bertz CT molecular complexity index is 601. The summed E-state index contributed by atoms with van der Waals surface area (Å²) in [6, 6.07) is 8.70. The summed E-state index contributed by atoms with van der Waals surface area (Å²) in [5.41, 5.74) is 3.80. The molecule has 4 heteroatoms. The van der Waals surface area contributed by atoms with E-state index in [0.717, 1.165) is 29.7 Å². The van der Waals surface area contributed by atoms with E-state index in [2.05, 4.69) is 50.5 Å². The largest absolute Gasteiger partial charge is 0.493 e. The fourth-order valence-electron chi connectivity index (χ4n) is 2.70. The van der Waals surface area contributed by atoms with Crippen molar-refractivity contribution in [2.24, 2.45) is 0 Å². The molecule has 1 N–H and O–H groups in total. The summed E-state index contributed by atoms with van der Waals surface area (Å²) in [6.07, 6.45) is 5.58. The molecule has 1 unspecified atom stereocenters. The number of hydrogen-bond donors (Lipinski definition) is 1. The zero-order valence-corrected chi connectivity index (χ0v) is 13.0. The summed E-state index contributed by atoms with van der Waals surface area (Å²) >= 11 is 3.60. The minimum atomic E-state index is 0.264. The van der Waals surface area contributed by atoms with Crippen molar-refractivity contribution in [3.63, 3.8) is 0 Å². The van der Waals surface area contributed by atoms with Crippen molar-refractivity contribution in [2.75, 3.05) is 13.7 Å². The number of pyridine rings is 1. The van der Waals surface area contributed by atoms with E-state index in [4.69, 9.17) is 4.74 Å². The normalized spacial score (nSPS) is 14.7. The zero-order valence-electron chi connectivity index (χ0n) is 11.4. The van der Waals surface area contributed by atoms with E-state index < -0.39 is 0 Å². The Balaban J connectivity index is 1.91. The molecule has 0 aliphatic carbocycles. The first-order valence-corrected chi connectivity index (χ1v) is 7.58. The Morgan fingerprint density at radius 3 is 2.90 bits per heavy atom. The van der Waals surface area contributed by atoms with Crippen molar-refractivity contribution in [3.05, 3.63) is 57.8 Å². The highest BCUT2D eigenvalue weighted by molar-refractivity contribution is 9.10. The standard InChI is InChI=1S/C16H17BrN2O/c1-18-15(11-2-5-19-6-3-11)10-13-9-14(17)8-12-4-7-20-16(12)13/h2-3,5-6,8-9,15,18H,4,7,10H2,1H3. The molecule has 2 heterocycles. The van der Waals surface area contributed by atoms with Gasteiger partial charge in [-0.05, 0) is 54.4 Å². The molecule has 104 valence electrons. The number of nitrogens with zero attached hydrogens (tertiary/aromatic N) is 1. The number of benzene rings is 1. The lowest BCUT2D eigenvalue weighted by Crippen LogP contribution is -2.19. The smallest absolute Gasteiger partial charge is 0.125 e. The van der Waals surface area contributed by atoms with Crippen LogP contribution in [0.15, 0.2) is 41.1 Å². The molecular formula is C16H17BrN2O. The number of hydrogen-bond acceptors (Lipinski definition) is 3. The average molecular weight is 333 g/mol. The summed E-state index contributed by atoms with van der Waals surface area (Å²) in [5, 5.41) is 3.38. The van der Waals surface area contributed by atoms with Crippen LogP contribution in [-0.2, 0) is 12.8 Å². The van der Waals surface area contributed by atoms with Gasteiger partial charge in [-0.2, -0.15) is 0 Å².